The van der Waals surface area contributed by atoms with Crippen LogP contribution in [-0.2, 0) is 6.54 Å². The lowest BCUT2D eigenvalue weighted by molar-refractivity contribution is 0.158. The first-order valence-corrected chi connectivity index (χ1v) is 8.79. The number of aromatic nitrogens is 1. The summed E-state index contributed by atoms with van der Waals surface area (Å²) in [6, 6.07) is 7.84. The van der Waals surface area contributed by atoms with Crippen molar-refractivity contribution < 1.29 is 4.39 Å². The normalized spacial score (nSPS) is 23.6. The summed E-state index contributed by atoms with van der Waals surface area (Å²) in [4.78, 5) is 6.90. The average molecular weight is 313 g/mol. The molecule has 0 aliphatic carbocycles. The summed E-state index contributed by atoms with van der Waals surface area (Å²) in [5.41, 5.74) is 1.95. The largest absolute Gasteiger partial charge is 0.314 e. The Bertz CT molecular complexity index is 673. The number of pyridine rings is 1. The number of nitrogens with zero attached hydrogens (tertiary/aromatic N) is 2. The highest BCUT2D eigenvalue weighted by atomic mass is 19.1. The van der Waals surface area contributed by atoms with E-state index in [-0.39, 0.29) is 5.82 Å². The molecule has 3 nitrogen and oxygen atoms in total. The minimum Gasteiger partial charge on any atom is -0.314 e. The SMILES string of the molecule is Fc1ccc(CN2CCC(C3CCCN3)CC2)c2ncccc12. The second-order valence-electron chi connectivity index (χ2n) is 6.92. The van der Waals surface area contributed by atoms with Crippen LogP contribution in [0.5, 0.6) is 0 Å². The van der Waals surface area contributed by atoms with Crippen molar-refractivity contribution in [3.63, 3.8) is 0 Å². The van der Waals surface area contributed by atoms with E-state index in [1.54, 1.807) is 18.3 Å². The second kappa shape index (κ2) is 6.54. The Morgan fingerprint density at radius 3 is 2.83 bits per heavy atom. The number of likely N-dealkylation sites (tertiary alicyclic amines) is 1. The zero-order chi connectivity index (χ0) is 15.6. The molecule has 2 aliphatic heterocycles. The summed E-state index contributed by atoms with van der Waals surface area (Å²) in [6.07, 6.45) is 6.97. The molecule has 1 atom stereocenters. The molecule has 0 saturated carbocycles. The van der Waals surface area contributed by atoms with E-state index in [4.69, 9.17) is 0 Å². The Hall–Kier alpha value is -1.52. The maximum Gasteiger partial charge on any atom is 0.132 e. The van der Waals surface area contributed by atoms with Crippen molar-refractivity contribution in [3.8, 4) is 0 Å². The maximum absolute atomic E-state index is 13.9. The van der Waals surface area contributed by atoms with Gasteiger partial charge in [-0.1, -0.05) is 6.07 Å². The number of nitrogens with one attached hydrogen (secondary N) is 1. The van der Waals surface area contributed by atoms with E-state index in [1.807, 2.05) is 12.1 Å². The number of hydrogen-bond donors (Lipinski definition) is 1. The van der Waals surface area contributed by atoms with Gasteiger partial charge in [-0.2, -0.15) is 0 Å². The molecule has 1 unspecified atom stereocenters. The molecule has 1 aromatic heterocycles. The first-order chi connectivity index (χ1) is 11.3. The minimum atomic E-state index is -0.178. The van der Waals surface area contributed by atoms with Crippen LogP contribution in [0.15, 0.2) is 30.5 Å². The third kappa shape index (κ3) is 3.10. The molecule has 1 N–H and O–H groups in total. The van der Waals surface area contributed by atoms with Gasteiger partial charge in [0.1, 0.15) is 5.82 Å². The van der Waals surface area contributed by atoms with Crippen LogP contribution in [0.3, 0.4) is 0 Å². The Morgan fingerprint density at radius 2 is 2.04 bits per heavy atom. The molecule has 2 saturated heterocycles. The number of piperidine rings is 1. The van der Waals surface area contributed by atoms with Crippen LogP contribution in [0.4, 0.5) is 4.39 Å². The zero-order valence-electron chi connectivity index (χ0n) is 13.5. The molecule has 1 aromatic carbocycles. The van der Waals surface area contributed by atoms with Gasteiger partial charge in [-0.3, -0.25) is 9.88 Å². The van der Waals surface area contributed by atoms with Crippen LogP contribution in [0.25, 0.3) is 10.9 Å². The highest BCUT2D eigenvalue weighted by molar-refractivity contribution is 5.82. The van der Waals surface area contributed by atoms with E-state index in [9.17, 15) is 4.39 Å². The van der Waals surface area contributed by atoms with Crippen LogP contribution in [0.1, 0.15) is 31.2 Å². The third-order valence-corrected chi connectivity index (χ3v) is 5.49. The fraction of sp³-hybridized carbons (Fsp3) is 0.526. The summed E-state index contributed by atoms with van der Waals surface area (Å²) in [7, 11) is 0. The third-order valence-electron chi connectivity index (χ3n) is 5.49. The summed E-state index contributed by atoms with van der Waals surface area (Å²) in [5, 5.41) is 4.29. The number of rotatable bonds is 3. The van der Waals surface area contributed by atoms with Gasteiger partial charge in [0.25, 0.3) is 0 Å². The highest BCUT2D eigenvalue weighted by Gasteiger charge is 2.28. The molecule has 0 spiro atoms. The fourth-order valence-electron chi connectivity index (χ4n) is 4.19. The van der Waals surface area contributed by atoms with Crippen molar-refractivity contribution in [1.29, 1.82) is 0 Å². The molecular formula is C19H24FN3. The van der Waals surface area contributed by atoms with Crippen molar-refractivity contribution in [2.45, 2.75) is 38.3 Å². The molecule has 4 rings (SSSR count). The van der Waals surface area contributed by atoms with Gasteiger partial charge in [0.2, 0.25) is 0 Å². The summed E-state index contributed by atoms with van der Waals surface area (Å²) >= 11 is 0. The van der Waals surface area contributed by atoms with Gasteiger partial charge in [-0.25, -0.2) is 4.39 Å². The average Bonchev–Trinajstić information content (AvgIpc) is 3.13. The van der Waals surface area contributed by atoms with Gasteiger partial charge in [-0.15, -0.1) is 0 Å². The Morgan fingerprint density at radius 1 is 1.17 bits per heavy atom. The van der Waals surface area contributed by atoms with E-state index in [0.717, 1.165) is 42.7 Å². The van der Waals surface area contributed by atoms with E-state index in [2.05, 4.69) is 15.2 Å². The number of benzene rings is 1. The molecule has 122 valence electrons. The van der Waals surface area contributed by atoms with Crippen molar-refractivity contribution in [2.24, 2.45) is 5.92 Å². The van der Waals surface area contributed by atoms with Gasteiger partial charge in [0, 0.05) is 24.2 Å². The predicted octanol–water partition coefficient (Wildman–Crippen LogP) is 3.34. The fourth-order valence-corrected chi connectivity index (χ4v) is 4.19. The molecule has 0 bridgehead atoms. The van der Waals surface area contributed by atoms with E-state index >= 15 is 0 Å². The number of halogens is 1. The highest BCUT2D eigenvalue weighted by Crippen LogP contribution is 2.27. The van der Waals surface area contributed by atoms with Crippen LogP contribution in [0.2, 0.25) is 0 Å². The molecular weight excluding hydrogens is 289 g/mol. The van der Waals surface area contributed by atoms with Crippen molar-refractivity contribution in [3.05, 3.63) is 41.8 Å². The molecule has 2 fully saturated rings. The van der Waals surface area contributed by atoms with Crippen LogP contribution >= 0.6 is 0 Å². The molecule has 4 heteroatoms. The second-order valence-corrected chi connectivity index (χ2v) is 6.92. The molecule has 23 heavy (non-hydrogen) atoms. The Balaban J connectivity index is 1.44. The molecule has 2 aliphatic rings. The number of hydrogen-bond acceptors (Lipinski definition) is 3. The van der Waals surface area contributed by atoms with Crippen LogP contribution < -0.4 is 5.32 Å². The lowest BCUT2D eigenvalue weighted by atomic mass is 9.88. The summed E-state index contributed by atoms with van der Waals surface area (Å²) < 4.78 is 13.9. The molecule has 2 aromatic rings. The molecule has 3 heterocycles. The summed E-state index contributed by atoms with van der Waals surface area (Å²) in [6.45, 7) is 4.33. The van der Waals surface area contributed by atoms with Gasteiger partial charge >= 0.3 is 0 Å². The topological polar surface area (TPSA) is 28.2 Å². The Kier molecular flexibility index (Phi) is 4.27. The van der Waals surface area contributed by atoms with E-state index < -0.39 is 0 Å². The minimum absolute atomic E-state index is 0.178. The summed E-state index contributed by atoms with van der Waals surface area (Å²) in [5.74, 6) is 0.653. The monoisotopic (exact) mass is 313 g/mol. The standard InChI is InChI=1S/C19H24FN3/c20-17-6-5-15(19-16(17)3-1-10-22-19)13-23-11-7-14(8-12-23)18-4-2-9-21-18/h1,3,5-6,10,14,18,21H,2,4,7-9,11-13H2. The van der Waals surface area contributed by atoms with Gasteiger partial charge in [0.15, 0.2) is 0 Å². The van der Waals surface area contributed by atoms with E-state index in [1.165, 1.54) is 32.2 Å². The van der Waals surface area contributed by atoms with Crippen LogP contribution in [0, 0.1) is 11.7 Å². The maximum atomic E-state index is 13.9. The lowest BCUT2D eigenvalue weighted by Crippen LogP contribution is -2.40. The smallest absolute Gasteiger partial charge is 0.132 e. The van der Waals surface area contributed by atoms with E-state index in [0.29, 0.717) is 5.39 Å². The quantitative estimate of drug-likeness (QED) is 0.942. The Labute approximate surface area is 136 Å². The predicted molar refractivity (Wildman–Crippen MR) is 90.7 cm³/mol. The lowest BCUT2D eigenvalue weighted by Gasteiger charge is -2.35. The molecule has 0 amide bonds. The first kappa shape index (κ1) is 15.0. The van der Waals surface area contributed by atoms with Gasteiger partial charge < -0.3 is 5.32 Å². The molecule has 0 radical (unpaired) electrons. The first-order valence-electron chi connectivity index (χ1n) is 8.79. The number of fused-ring (bicyclic) bond motifs is 1. The van der Waals surface area contributed by atoms with Crippen molar-refractivity contribution >= 4 is 10.9 Å². The van der Waals surface area contributed by atoms with Gasteiger partial charge in [0.05, 0.1) is 5.52 Å². The van der Waals surface area contributed by atoms with Crippen molar-refractivity contribution in [2.75, 3.05) is 19.6 Å². The zero-order valence-corrected chi connectivity index (χ0v) is 13.5. The van der Waals surface area contributed by atoms with Crippen LogP contribution in [-0.4, -0.2) is 35.6 Å². The van der Waals surface area contributed by atoms with Crippen molar-refractivity contribution in [1.82, 2.24) is 15.2 Å². The van der Waals surface area contributed by atoms with Gasteiger partial charge in [-0.05, 0) is 75.0 Å².